The number of hydrogen-bond acceptors (Lipinski definition) is 3. The fourth-order valence-electron chi connectivity index (χ4n) is 2.28. The number of thiophene rings is 1. The Morgan fingerprint density at radius 1 is 1.38 bits per heavy atom. The van der Waals surface area contributed by atoms with Gasteiger partial charge in [-0.05, 0) is 63.5 Å². The Morgan fingerprint density at radius 2 is 2.14 bits per heavy atom. The summed E-state index contributed by atoms with van der Waals surface area (Å²) in [5.74, 6) is 0. The predicted molar refractivity (Wildman–Crippen MR) is 97.5 cm³/mol. The first-order valence-corrected chi connectivity index (χ1v) is 9.02. The predicted octanol–water partition coefficient (Wildman–Crippen LogP) is 5.08. The lowest BCUT2D eigenvalue weighted by Gasteiger charge is -2.23. The van der Waals surface area contributed by atoms with Crippen molar-refractivity contribution in [2.45, 2.75) is 32.4 Å². The summed E-state index contributed by atoms with van der Waals surface area (Å²) < 4.78 is 1.16. The lowest BCUT2D eigenvalue weighted by atomic mass is 10.0. The molecule has 0 saturated carbocycles. The monoisotopic (exact) mass is 386 g/mol. The molecule has 0 aliphatic heterocycles. The minimum Gasteiger partial charge on any atom is -0.370 e. The third kappa shape index (κ3) is 4.71. The lowest BCUT2D eigenvalue weighted by molar-refractivity contribution is 0.645. The molecule has 2 nitrogen and oxygen atoms in total. The Kier molecular flexibility index (Phi) is 6.11. The molecule has 1 heterocycles. The van der Waals surface area contributed by atoms with E-state index in [1.807, 2.05) is 12.1 Å². The van der Waals surface area contributed by atoms with Crippen molar-refractivity contribution in [1.82, 2.24) is 0 Å². The van der Waals surface area contributed by atoms with Crippen molar-refractivity contribution in [3.05, 3.63) is 49.6 Å². The zero-order valence-electron chi connectivity index (χ0n) is 12.3. The van der Waals surface area contributed by atoms with Crippen molar-refractivity contribution in [2.75, 3.05) is 11.9 Å². The van der Waals surface area contributed by atoms with Crippen molar-refractivity contribution in [2.24, 2.45) is 5.73 Å². The van der Waals surface area contributed by atoms with Crippen LogP contribution in [0.15, 0.2) is 33.4 Å². The van der Waals surface area contributed by atoms with Crippen LogP contribution in [-0.2, 0) is 13.0 Å². The highest BCUT2D eigenvalue weighted by Gasteiger charge is 2.12. The van der Waals surface area contributed by atoms with E-state index in [0.29, 0.717) is 0 Å². The molecule has 0 bridgehead atoms. The second kappa shape index (κ2) is 7.63. The first kappa shape index (κ1) is 16.8. The van der Waals surface area contributed by atoms with Crippen LogP contribution < -0.4 is 10.6 Å². The van der Waals surface area contributed by atoms with E-state index in [4.69, 9.17) is 17.3 Å². The molecular formula is C16H20BrClN2S. The highest BCUT2D eigenvalue weighted by Crippen LogP contribution is 2.28. The van der Waals surface area contributed by atoms with E-state index < -0.39 is 0 Å². The van der Waals surface area contributed by atoms with E-state index in [0.717, 1.165) is 33.9 Å². The van der Waals surface area contributed by atoms with Gasteiger partial charge < -0.3 is 10.6 Å². The van der Waals surface area contributed by atoms with Crippen molar-refractivity contribution < 1.29 is 0 Å². The van der Waals surface area contributed by atoms with Crippen LogP contribution in [0.3, 0.4) is 0 Å². The Bertz CT molecular complexity index is 600. The largest absolute Gasteiger partial charge is 0.370 e. The number of anilines is 1. The second-order valence-corrected chi connectivity index (χ2v) is 7.99. The van der Waals surface area contributed by atoms with Gasteiger partial charge in [0.05, 0.1) is 3.79 Å². The molecule has 21 heavy (non-hydrogen) atoms. The van der Waals surface area contributed by atoms with Gasteiger partial charge in [-0.15, -0.1) is 11.3 Å². The Balaban J connectivity index is 2.21. The summed E-state index contributed by atoms with van der Waals surface area (Å²) in [7, 11) is 2.10. The normalized spacial score (nSPS) is 12.4. The second-order valence-electron chi connectivity index (χ2n) is 5.26. The number of nitrogens with two attached hydrogens (primary N) is 1. The average Bonchev–Trinajstić information content (AvgIpc) is 2.85. The van der Waals surface area contributed by atoms with Crippen molar-refractivity contribution in [3.63, 3.8) is 0 Å². The molecule has 1 aromatic heterocycles. The smallest absolute Gasteiger partial charge is 0.0701 e. The summed E-state index contributed by atoms with van der Waals surface area (Å²) in [6.07, 6.45) is 1.85. The molecule has 0 saturated heterocycles. The molecule has 2 aromatic rings. The first-order chi connectivity index (χ1) is 9.99. The quantitative estimate of drug-likeness (QED) is 0.749. The number of halogens is 2. The van der Waals surface area contributed by atoms with E-state index in [1.165, 1.54) is 11.1 Å². The van der Waals surface area contributed by atoms with Crippen molar-refractivity contribution >= 4 is 44.6 Å². The summed E-state index contributed by atoms with van der Waals surface area (Å²) in [6.45, 7) is 2.98. The van der Waals surface area contributed by atoms with Crippen molar-refractivity contribution in [1.29, 1.82) is 0 Å². The molecule has 1 atom stereocenters. The molecule has 0 aliphatic rings. The summed E-state index contributed by atoms with van der Waals surface area (Å²) in [5.41, 5.74) is 9.82. The first-order valence-electron chi connectivity index (χ1n) is 6.97. The van der Waals surface area contributed by atoms with E-state index >= 15 is 0 Å². The van der Waals surface area contributed by atoms with Crippen LogP contribution in [0, 0.1) is 0 Å². The Hall–Kier alpha value is -0.550. The average molecular weight is 388 g/mol. The molecule has 0 fully saturated rings. The van der Waals surface area contributed by atoms with Gasteiger partial charge >= 0.3 is 0 Å². The topological polar surface area (TPSA) is 29.3 Å². The van der Waals surface area contributed by atoms with E-state index in [1.54, 1.807) is 11.3 Å². The molecule has 0 radical (unpaired) electrons. The fraction of sp³-hybridized carbons (Fsp3) is 0.375. The highest BCUT2D eigenvalue weighted by molar-refractivity contribution is 9.11. The van der Waals surface area contributed by atoms with Gasteiger partial charge in [0, 0.05) is 30.3 Å². The number of benzene rings is 1. The molecular weight excluding hydrogens is 368 g/mol. The van der Waals surface area contributed by atoms with Gasteiger partial charge in [-0.25, -0.2) is 0 Å². The van der Waals surface area contributed by atoms with Crippen LogP contribution in [0.5, 0.6) is 0 Å². The van der Waals surface area contributed by atoms with E-state index in [2.05, 4.69) is 52.3 Å². The summed E-state index contributed by atoms with van der Waals surface area (Å²) in [5, 5.41) is 2.93. The van der Waals surface area contributed by atoms with Gasteiger partial charge in [0.2, 0.25) is 0 Å². The number of nitrogens with zero attached hydrogens (tertiary/aromatic N) is 1. The van der Waals surface area contributed by atoms with Crippen LogP contribution >= 0.6 is 38.9 Å². The minimum atomic E-state index is 0.189. The maximum Gasteiger partial charge on any atom is 0.0701 e. The highest BCUT2D eigenvalue weighted by atomic mass is 79.9. The third-order valence-corrected chi connectivity index (χ3v) is 5.29. The van der Waals surface area contributed by atoms with Gasteiger partial charge in [-0.3, -0.25) is 0 Å². The van der Waals surface area contributed by atoms with Crippen LogP contribution in [0.2, 0.25) is 5.02 Å². The fourth-order valence-corrected chi connectivity index (χ4v) is 3.65. The molecule has 0 amide bonds. The summed E-state index contributed by atoms with van der Waals surface area (Å²) in [4.78, 5) is 2.23. The van der Waals surface area contributed by atoms with Crippen molar-refractivity contribution in [3.8, 4) is 0 Å². The van der Waals surface area contributed by atoms with E-state index in [9.17, 15) is 0 Å². The third-order valence-electron chi connectivity index (χ3n) is 3.51. The molecule has 5 heteroatoms. The Labute approximate surface area is 144 Å². The molecule has 0 spiro atoms. The standard InChI is InChI=1S/C16H20BrClN2S/c1-3-14(19)7-12-4-5-13(18)8-15(12)20(2)9-11-6-16(17)21-10-11/h4-6,8,10,14H,3,7,9,19H2,1-2H3. The van der Waals surface area contributed by atoms with Crippen LogP contribution in [0.4, 0.5) is 5.69 Å². The Morgan fingerprint density at radius 3 is 2.76 bits per heavy atom. The minimum absolute atomic E-state index is 0.189. The number of rotatable bonds is 6. The zero-order valence-corrected chi connectivity index (χ0v) is 15.4. The van der Waals surface area contributed by atoms with Gasteiger partial charge in [0.15, 0.2) is 0 Å². The maximum absolute atomic E-state index is 6.18. The van der Waals surface area contributed by atoms with Gasteiger partial charge in [0.1, 0.15) is 0 Å². The molecule has 1 unspecified atom stereocenters. The van der Waals surface area contributed by atoms with E-state index in [-0.39, 0.29) is 6.04 Å². The van der Waals surface area contributed by atoms with Gasteiger partial charge in [-0.2, -0.15) is 0 Å². The molecule has 114 valence electrons. The summed E-state index contributed by atoms with van der Waals surface area (Å²) in [6, 6.07) is 8.41. The van der Waals surface area contributed by atoms with Gasteiger partial charge in [-0.1, -0.05) is 24.6 Å². The van der Waals surface area contributed by atoms with Crippen LogP contribution in [-0.4, -0.2) is 13.1 Å². The lowest BCUT2D eigenvalue weighted by Crippen LogP contribution is -2.24. The molecule has 1 aromatic carbocycles. The SMILES string of the molecule is CCC(N)Cc1ccc(Cl)cc1N(C)Cc1csc(Br)c1. The maximum atomic E-state index is 6.18. The zero-order chi connectivity index (χ0) is 15.4. The molecule has 2 N–H and O–H groups in total. The summed E-state index contributed by atoms with van der Waals surface area (Å²) >= 11 is 11.4. The van der Waals surface area contributed by atoms with Crippen LogP contribution in [0.1, 0.15) is 24.5 Å². The van der Waals surface area contributed by atoms with Crippen LogP contribution in [0.25, 0.3) is 0 Å². The number of hydrogen-bond donors (Lipinski definition) is 1. The molecule has 2 rings (SSSR count). The van der Waals surface area contributed by atoms with Gasteiger partial charge in [0.25, 0.3) is 0 Å². The molecule has 0 aliphatic carbocycles.